The Morgan fingerprint density at radius 2 is 0.927 bits per heavy atom. The summed E-state index contributed by atoms with van der Waals surface area (Å²) in [5.41, 5.74) is -0.00303. The molecule has 0 aromatic rings. The van der Waals surface area contributed by atoms with Crippen LogP contribution in [-0.4, -0.2) is 255 Å². The first-order valence-corrected chi connectivity index (χ1v) is 17.6. The lowest BCUT2D eigenvalue weighted by molar-refractivity contribution is -0.396. The van der Waals surface area contributed by atoms with Crippen molar-refractivity contribution in [2.75, 3.05) is 26.4 Å². The van der Waals surface area contributed by atoms with Gasteiger partial charge in [0.15, 0.2) is 25.2 Å². The highest BCUT2D eigenvalue weighted by molar-refractivity contribution is 5.22. The molecule has 24 nitrogen and oxygen atoms in total. The van der Waals surface area contributed by atoms with Gasteiger partial charge in [0.2, 0.25) is 0 Å². The van der Waals surface area contributed by atoms with Crippen LogP contribution in [0.1, 0.15) is 6.92 Å². The smallest absolute Gasteiger partial charge is 0.189 e. The van der Waals surface area contributed by atoms with Crippen LogP contribution in [-0.2, 0) is 33.2 Å². The van der Waals surface area contributed by atoms with E-state index in [9.17, 15) is 81.7 Å². The van der Waals surface area contributed by atoms with Gasteiger partial charge in [-0.2, -0.15) is 0 Å². The van der Waals surface area contributed by atoms with Gasteiger partial charge in [0, 0.05) is 0 Å². The summed E-state index contributed by atoms with van der Waals surface area (Å²) in [5, 5.41) is 169. The maximum atomic E-state index is 11.1. The summed E-state index contributed by atoms with van der Waals surface area (Å²) >= 11 is 0. The highest BCUT2D eigenvalue weighted by Gasteiger charge is 2.55. The number of aliphatic hydroxyl groups is 16. The van der Waals surface area contributed by atoms with Gasteiger partial charge in [-0.25, -0.2) is 0 Å². The van der Waals surface area contributed by atoms with E-state index in [1.54, 1.807) is 0 Å². The van der Waals surface area contributed by atoms with Crippen LogP contribution in [0.5, 0.6) is 0 Å². The van der Waals surface area contributed by atoms with Gasteiger partial charge in [-0.1, -0.05) is 6.08 Å². The molecule has 24 heteroatoms. The molecular weight excluding hydrogens is 754 g/mol. The molecule has 0 radical (unpaired) electrons. The molecule has 9 unspecified atom stereocenters. The third-order valence-electron chi connectivity index (χ3n) is 10.6. The van der Waals surface area contributed by atoms with Crippen molar-refractivity contribution in [2.45, 2.75) is 154 Å². The van der Waals surface area contributed by atoms with Crippen molar-refractivity contribution in [2.24, 2.45) is 0 Å². The number of hydrogen-bond donors (Lipinski definition) is 17. The van der Waals surface area contributed by atoms with Crippen molar-refractivity contribution in [1.29, 1.82) is 0 Å². The number of rotatable bonds is 12. The zero-order chi connectivity index (χ0) is 40.6. The first-order chi connectivity index (χ1) is 26.0. The van der Waals surface area contributed by atoms with E-state index in [4.69, 9.17) is 33.2 Å². The third kappa shape index (κ3) is 9.03. The molecule has 0 aromatic heterocycles. The van der Waals surface area contributed by atoms with Gasteiger partial charge in [0.1, 0.15) is 104 Å². The lowest BCUT2D eigenvalue weighted by Gasteiger charge is -2.49. The standard InChI is InChI=1S/C31H53NO23/c1-7-13(32-9-2-8(3-33)14(37)18(41)15(9)38)17(40)22(45)28(49-7)53-26-11(5-35)51-29(24(47)20(26)43)54-27-12(6-36)52-31(25(48)21(27)44)55-30-23(46)19(42)16(39)10(4-34)50-30/h2,7,9-48H,3-6H2,1H3/t7?,9-,10?,11?,12?,13+,14-,15?,16-,17-,18-,19-,20+,21+,22?,23?,24?,25?,26+,27+,28+,29+,30-,31+/m1/s1. The molecule has 4 fully saturated rings. The number of aliphatic hydroxyl groups excluding tert-OH is 16. The SMILES string of the molecule is CC1O[C@@H](O[C@H]2C(CO)O[C@@H](O[C@H]3C(CO)O[C@@H](O[C@H]4OC(CO)[C@@H](O)[C@@H](O)C4O)C(O)[C@@H]3O)C(O)[C@@H]2O)C(O)[C@H](O)[C@H]1N[C@@H]1C=C(CO)[C@@H](O)[C@@H](O)C1O. The van der Waals surface area contributed by atoms with Crippen LogP contribution in [0.4, 0.5) is 0 Å². The van der Waals surface area contributed by atoms with E-state index in [1.807, 2.05) is 0 Å². The molecule has 5 aliphatic rings. The van der Waals surface area contributed by atoms with Crippen LogP contribution >= 0.6 is 0 Å². The summed E-state index contributed by atoms with van der Waals surface area (Å²) in [4.78, 5) is 0. The van der Waals surface area contributed by atoms with Crippen molar-refractivity contribution < 1.29 is 115 Å². The monoisotopic (exact) mass is 807 g/mol. The zero-order valence-electron chi connectivity index (χ0n) is 29.3. The normalized spacial score (nSPS) is 52.5. The van der Waals surface area contributed by atoms with Gasteiger partial charge in [-0.3, -0.25) is 0 Å². The van der Waals surface area contributed by atoms with Crippen molar-refractivity contribution in [1.82, 2.24) is 5.32 Å². The molecule has 1 aliphatic carbocycles. The quantitative estimate of drug-likeness (QED) is 0.0814. The van der Waals surface area contributed by atoms with Gasteiger partial charge >= 0.3 is 0 Å². The van der Waals surface area contributed by atoms with Gasteiger partial charge in [-0.15, -0.1) is 0 Å². The average molecular weight is 808 g/mol. The Bertz CT molecular complexity index is 1250. The molecule has 0 spiro atoms. The second-order valence-corrected chi connectivity index (χ2v) is 14.2. The van der Waals surface area contributed by atoms with Crippen LogP contribution in [0, 0.1) is 0 Å². The van der Waals surface area contributed by atoms with Gasteiger partial charge in [0.05, 0.1) is 44.6 Å². The van der Waals surface area contributed by atoms with Crippen molar-refractivity contribution in [3.63, 3.8) is 0 Å². The highest BCUT2D eigenvalue weighted by atomic mass is 16.8. The molecule has 55 heavy (non-hydrogen) atoms. The van der Waals surface area contributed by atoms with E-state index in [0.29, 0.717) is 0 Å². The van der Waals surface area contributed by atoms with E-state index in [2.05, 4.69) is 5.32 Å². The third-order valence-corrected chi connectivity index (χ3v) is 10.6. The summed E-state index contributed by atoms with van der Waals surface area (Å²) in [6, 6.07) is -2.25. The van der Waals surface area contributed by atoms with E-state index in [1.165, 1.54) is 13.0 Å². The van der Waals surface area contributed by atoms with Crippen LogP contribution in [0.25, 0.3) is 0 Å². The van der Waals surface area contributed by atoms with E-state index in [0.717, 1.165) is 0 Å². The van der Waals surface area contributed by atoms with Gasteiger partial charge in [-0.05, 0) is 12.5 Å². The maximum Gasteiger partial charge on any atom is 0.189 e. The highest BCUT2D eigenvalue weighted by Crippen LogP contribution is 2.34. The predicted molar refractivity (Wildman–Crippen MR) is 170 cm³/mol. The second kappa shape index (κ2) is 18.8. The van der Waals surface area contributed by atoms with Gasteiger partial charge < -0.3 is 120 Å². The lowest BCUT2D eigenvalue weighted by atomic mass is 9.86. The molecule has 17 N–H and O–H groups in total. The van der Waals surface area contributed by atoms with Crippen molar-refractivity contribution in [3.05, 3.63) is 11.6 Å². The summed E-state index contributed by atoms with van der Waals surface area (Å²) in [5.74, 6) is 0. The molecule has 24 atom stereocenters. The molecule has 0 bridgehead atoms. The molecule has 0 aromatic carbocycles. The van der Waals surface area contributed by atoms with E-state index < -0.39 is 174 Å². The van der Waals surface area contributed by atoms with Crippen LogP contribution in [0.15, 0.2) is 11.6 Å². The fourth-order valence-electron chi connectivity index (χ4n) is 7.22. The Morgan fingerprint density at radius 3 is 1.42 bits per heavy atom. The fraction of sp³-hybridized carbons (Fsp3) is 0.935. The molecule has 4 aliphatic heterocycles. The number of hydrogen-bond acceptors (Lipinski definition) is 24. The maximum absolute atomic E-state index is 11.1. The molecule has 4 saturated heterocycles. The molecule has 0 saturated carbocycles. The van der Waals surface area contributed by atoms with Crippen molar-refractivity contribution >= 4 is 0 Å². The summed E-state index contributed by atoms with van der Waals surface area (Å²) in [6.45, 7) is -1.81. The van der Waals surface area contributed by atoms with Gasteiger partial charge in [0.25, 0.3) is 0 Å². The number of nitrogens with one attached hydrogen (secondary N) is 1. The minimum atomic E-state index is -2.04. The Morgan fingerprint density at radius 1 is 0.491 bits per heavy atom. The molecule has 320 valence electrons. The molecular formula is C31H53NO23. The molecule has 4 heterocycles. The topological polar surface area (TPSA) is 400 Å². The first-order valence-electron chi connectivity index (χ1n) is 17.6. The number of ether oxygens (including phenoxy) is 7. The summed E-state index contributed by atoms with van der Waals surface area (Å²) in [7, 11) is 0. The first kappa shape index (κ1) is 44.9. The fourth-order valence-corrected chi connectivity index (χ4v) is 7.22. The van der Waals surface area contributed by atoms with E-state index in [-0.39, 0.29) is 5.57 Å². The average Bonchev–Trinajstić information content (AvgIpc) is 3.17. The summed E-state index contributed by atoms with van der Waals surface area (Å²) in [6.07, 6.45) is -36.9. The second-order valence-electron chi connectivity index (χ2n) is 14.2. The molecule has 5 rings (SSSR count). The zero-order valence-corrected chi connectivity index (χ0v) is 29.3. The Hall–Kier alpha value is -1.22. The van der Waals surface area contributed by atoms with Crippen LogP contribution < -0.4 is 5.32 Å². The summed E-state index contributed by atoms with van der Waals surface area (Å²) < 4.78 is 38.8. The molecule has 0 amide bonds. The van der Waals surface area contributed by atoms with Crippen molar-refractivity contribution in [3.8, 4) is 0 Å². The largest absolute Gasteiger partial charge is 0.394 e. The van der Waals surface area contributed by atoms with Crippen LogP contribution in [0.2, 0.25) is 0 Å². The Kier molecular flexibility index (Phi) is 15.3. The van der Waals surface area contributed by atoms with E-state index >= 15 is 0 Å². The Balaban J connectivity index is 1.21. The minimum Gasteiger partial charge on any atom is -0.394 e. The predicted octanol–water partition coefficient (Wildman–Crippen LogP) is -10.7. The lowest BCUT2D eigenvalue weighted by Crippen LogP contribution is -2.68. The van der Waals surface area contributed by atoms with Crippen LogP contribution in [0.3, 0.4) is 0 Å². The Labute approximate surface area is 312 Å². The minimum absolute atomic E-state index is 0.00303.